The second-order valence-electron chi connectivity index (χ2n) is 7.61. The summed E-state index contributed by atoms with van der Waals surface area (Å²) in [4.78, 5) is 14.0. The Labute approximate surface area is 163 Å². The maximum atomic E-state index is 11.4. The van der Waals surface area contributed by atoms with E-state index >= 15 is 0 Å². The average Bonchev–Trinajstić information content (AvgIpc) is 2.70. The number of likely N-dealkylation sites (tertiary alicyclic amines) is 1. The number of piperidine rings is 1. The first-order valence-electron chi connectivity index (χ1n) is 10.2. The highest BCUT2D eigenvalue weighted by Crippen LogP contribution is 2.22. The van der Waals surface area contributed by atoms with Crippen molar-refractivity contribution >= 4 is 5.78 Å². The summed E-state index contributed by atoms with van der Waals surface area (Å²) < 4.78 is 5.80. The Morgan fingerprint density at radius 3 is 2.56 bits per heavy atom. The van der Waals surface area contributed by atoms with E-state index in [9.17, 15) is 4.79 Å². The molecule has 0 atom stereocenters. The van der Waals surface area contributed by atoms with Gasteiger partial charge in [0.1, 0.15) is 5.75 Å². The average molecular weight is 366 g/mol. The number of carbonyl (C=O) groups is 1. The highest BCUT2D eigenvalue weighted by atomic mass is 16.5. The third kappa shape index (κ3) is 6.51. The first-order chi connectivity index (χ1) is 13.2. The van der Waals surface area contributed by atoms with Crippen molar-refractivity contribution in [3.05, 3.63) is 65.7 Å². The number of hydrogen-bond donors (Lipinski definition) is 0. The Morgan fingerprint density at radius 1 is 1.04 bits per heavy atom. The summed E-state index contributed by atoms with van der Waals surface area (Å²) in [5, 5.41) is 0. The van der Waals surface area contributed by atoms with Gasteiger partial charge in [0.15, 0.2) is 5.78 Å². The molecule has 0 aromatic heterocycles. The van der Waals surface area contributed by atoms with E-state index in [2.05, 4.69) is 35.2 Å². The lowest BCUT2D eigenvalue weighted by atomic mass is 9.90. The number of nitrogens with zero attached hydrogens (tertiary/aromatic N) is 1. The van der Waals surface area contributed by atoms with Crippen LogP contribution in [0.3, 0.4) is 0 Å². The maximum absolute atomic E-state index is 11.4. The number of ether oxygens (including phenoxy) is 1. The van der Waals surface area contributed by atoms with Crippen molar-refractivity contribution in [1.29, 1.82) is 0 Å². The molecule has 1 aliphatic heterocycles. The van der Waals surface area contributed by atoms with Crippen molar-refractivity contribution in [2.45, 2.75) is 39.0 Å². The summed E-state index contributed by atoms with van der Waals surface area (Å²) in [6.07, 6.45) is 6.05. The number of Topliss-reactive ketones (excluding diaryl/α,β-unsaturated/α-hetero) is 1. The van der Waals surface area contributed by atoms with Gasteiger partial charge in [0.05, 0.1) is 6.61 Å². The molecule has 144 valence electrons. The molecule has 1 heterocycles. The zero-order valence-electron chi connectivity index (χ0n) is 16.4. The van der Waals surface area contributed by atoms with Crippen molar-refractivity contribution in [3.8, 4) is 5.75 Å². The van der Waals surface area contributed by atoms with Crippen LogP contribution in [0.1, 0.15) is 48.5 Å². The Bertz CT molecular complexity index is 705. The van der Waals surface area contributed by atoms with Gasteiger partial charge in [-0.1, -0.05) is 42.5 Å². The molecule has 0 aliphatic carbocycles. The van der Waals surface area contributed by atoms with Gasteiger partial charge >= 0.3 is 0 Å². The summed E-state index contributed by atoms with van der Waals surface area (Å²) >= 11 is 0. The zero-order chi connectivity index (χ0) is 18.9. The zero-order valence-corrected chi connectivity index (χ0v) is 16.4. The highest BCUT2D eigenvalue weighted by Gasteiger charge is 2.18. The first-order valence-corrected chi connectivity index (χ1v) is 10.2. The molecule has 1 aliphatic rings. The number of ketones is 1. The minimum Gasteiger partial charge on any atom is -0.494 e. The number of unbranched alkanes of at least 4 members (excludes halogenated alkanes) is 1. The van der Waals surface area contributed by atoms with Crippen LogP contribution >= 0.6 is 0 Å². The fraction of sp³-hybridized carbons (Fsp3) is 0.458. The van der Waals surface area contributed by atoms with Crippen LogP contribution in [0.25, 0.3) is 0 Å². The molecule has 3 heteroatoms. The lowest BCUT2D eigenvalue weighted by Gasteiger charge is -2.32. The van der Waals surface area contributed by atoms with Gasteiger partial charge in [-0.05, 0) is 82.3 Å². The molecule has 0 amide bonds. The van der Waals surface area contributed by atoms with E-state index in [0.717, 1.165) is 31.1 Å². The Kier molecular flexibility index (Phi) is 7.46. The van der Waals surface area contributed by atoms with Crippen LogP contribution in [0.5, 0.6) is 5.75 Å². The second-order valence-corrected chi connectivity index (χ2v) is 7.61. The SMILES string of the molecule is CC(=O)c1cccc(OCCCCN2CCC(Cc3ccccc3)CC2)c1. The minimum absolute atomic E-state index is 0.0797. The molecule has 0 bridgehead atoms. The molecule has 0 spiro atoms. The molecule has 0 unspecified atom stereocenters. The van der Waals surface area contributed by atoms with Crippen molar-refractivity contribution in [1.82, 2.24) is 4.90 Å². The van der Waals surface area contributed by atoms with Crippen molar-refractivity contribution in [2.75, 3.05) is 26.2 Å². The van der Waals surface area contributed by atoms with Crippen LogP contribution in [0.15, 0.2) is 54.6 Å². The normalized spacial score (nSPS) is 15.6. The molecule has 2 aromatic carbocycles. The van der Waals surface area contributed by atoms with Crippen LogP contribution < -0.4 is 4.74 Å². The van der Waals surface area contributed by atoms with E-state index < -0.39 is 0 Å². The summed E-state index contributed by atoms with van der Waals surface area (Å²) in [5.41, 5.74) is 2.19. The number of carbonyl (C=O) groups excluding carboxylic acids is 1. The third-order valence-corrected chi connectivity index (χ3v) is 5.45. The predicted octanol–water partition coefficient (Wildman–Crippen LogP) is 5.00. The van der Waals surface area contributed by atoms with E-state index in [4.69, 9.17) is 4.74 Å². The van der Waals surface area contributed by atoms with Gasteiger partial charge in [0.2, 0.25) is 0 Å². The van der Waals surface area contributed by atoms with E-state index in [1.165, 1.54) is 37.9 Å². The fourth-order valence-electron chi connectivity index (χ4n) is 3.79. The molecule has 0 saturated carbocycles. The molecular weight excluding hydrogens is 334 g/mol. The maximum Gasteiger partial charge on any atom is 0.159 e. The minimum atomic E-state index is 0.0797. The van der Waals surface area contributed by atoms with E-state index in [1.54, 1.807) is 6.92 Å². The predicted molar refractivity (Wildman–Crippen MR) is 110 cm³/mol. The van der Waals surface area contributed by atoms with Crippen LogP contribution in [0.4, 0.5) is 0 Å². The van der Waals surface area contributed by atoms with E-state index in [0.29, 0.717) is 12.2 Å². The van der Waals surface area contributed by atoms with Gasteiger partial charge in [-0.25, -0.2) is 0 Å². The molecule has 3 nitrogen and oxygen atoms in total. The van der Waals surface area contributed by atoms with Crippen molar-refractivity contribution < 1.29 is 9.53 Å². The van der Waals surface area contributed by atoms with Crippen LogP contribution in [0.2, 0.25) is 0 Å². The van der Waals surface area contributed by atoms with Crippen LogP contribution in [-0.2, 0) is 6.42 Å². The fourth-order valence-corrected chi connectivity index (χ4v) is 3.79. The van der Waals surface area contributed by atoms with Gasteiger partial charge < -0.3 is 9.64 Å². The largest absolute Gasteiger partial charge is 0.494 e. The molecule has 2 aromatic rings. The Balaban J connectivity index is 1.28. The third-order valence-electron chi connectivity index (χ3n) is 5.45. The Hall–Kier alpha value is -2.13. The molecule has 1 fully saturated rings. The van der Waals surface area contributed by atoms with E-state index in [-0.39, 0.29) is 5.78 Å². The van der Waals surface area contributed by atoms with Gasteiger partial charge in [-0.2, -0.15) is 0 Å². The van der Waals surface area contributed by atoms with Gasteiger partial charge in [-0.15, -0.1) is 0 Å². The second kappa shape index (κ2) is 10.3. The van der Waals surface area contributed by atoms with Crippen molar-refractivity contribution in [3.63, 3.8) is 0 Å². The lowest BCUT2D eigenvalue weighted by molar-refractivity contribution is 0.101. The number of benzene rings is 2. The molecular formula is C24H31NO2. The number of hydrogen-bond acceptors (Lipinski definition) is 3. The summed E-state index contributed by atoms with van der Waals surface area (Å²) in [6, 6.07) is 18.3. The van der Waals surface area contributed by atoms with Crippen molar-refractivity contribution in [2.24, 2.45) is 5.92 Å². The van der Waals surface area contributed by atoms with E-state index in [1.807, 2.05) is 24.3 Å². The van der Waals surface area contributed by atoms with Crippen LogP contribution in [-0.4, -0.2) is 36.9 Å². The Morgan fingerprint density at radius 2 is 1.81 bits per heavy atom. The van der Waals surface area contributed by atoms with Crippen LogP contribution in [0, 0.1) is 5.92 Å². The quantitative estimate of drug-likeness (QED) is 0.462. The topological polar surface area (TPSA) is 29.5 Å². The summed E-state index contributed by atoms with van der Waals surface area (Å²) in [5.74, 6) is 1.71. The van der Waals surface area contributed by atoms with Gasteiger partial charge in [0, 0.05) is 5.56 Å². The van der Waals surface area contributed by atoms with Gasteiger partial charge in [0.25, 0.3) is 0 Å². The smallest absolute Gasteiger partial charge is 0.159 e. The first kappa shape index (κ1) is 19.6. The monoisotopic (exact) mass is 365 g/mol. The molecule has 0 N–H and O–H groups in total. The summed E-state index contributed by atoms with van der Waals surface area (Å²) in [7, 11) is 0. The van der Waals surface area contributed by atoms with Gasteiger partial charge in [-0.3, -0.25) is 4.79 Å². The molecule has 1 saturated heterocycles. The molecule has 3 rings (SSSR count). The molecule has 0 radical (unpaired) electrons. The number of rotatable bonds is 9. The highest BCUT2D eigenvalue weighted by molar-refractivity contribution is 5.94. The summed E-state index contributed by atoms with van der Waals surface area (Å²) in [6.45, 7) is 5.90. The molecule has 27 heavy (non-hydrogen) atoms. The standard InChI is InChI=1S/C24H31NO2/c1-20(26)23-10-7-11-24(19-23)27-17-6-5-14-25-15-12-22(13-16-25)18-21-8-3-2-4-9-21/h2-4,7-11,19,22H,5-6,12-18H2,1H3. The lowest BCUT2D eigenvalue weighted by Crippen LogP contribution is -2.35.